The Bertz CT molecular complexity index is 626. The Morgan fingerprint density at radius 1 is 1.25 bits per heavy atom. The largest absolute Gasteiger partial charge is 0.478 e. The molecule has 104 valence electrons. The SMILES string of the molecule is CN(Cc1ccc(F)cc1)c1cc(C(=O)O)ccc1N. The quantitative estimate of drug-likeness (QED) is 0.841. The molecule has 0 spiro atoms. The lowest BCUT2D eigenvalue weighted by molar-refractivity contribution is 0.0697. The first-order chi connectivity index (χ1) is 9.47. The van der Waals surface area contributed by atoms with E-state index in [2.05, 4.69) is 0 Å². The molecule has 0 aliphatic carbocycles. The summed E-state index contributed by atoms with van der Waals surface area (Å²) in [6.07, 6.45) is 0. The van der Waals surface area contributed by atoms with E-state index in [1.807, 2.05) is 4.90 Å². The second kappa shape index (κ2) is 5.61. The van der Waals surface area contributed by atoms with Crippen molar-refractivity contribution in [1.82, 2.24) is 0 Å². The zero-order chi connectivity index (χ0) is 14.7. The number of carboxylic acid groups (broad SMARTS) is 1. The van der Waals surface area contributed by atoms with Gasteiger partial charge in [-0.05, 0) is 35.9 Å². The Labute approximate surface area is 116 Å². The smallest absolute Gasteiger partial charge is 0.335 e. The highest BCUT2D eigenvalue weighted by atomic mass is 19.1. The molecule has 0 aromatic heterocycles. The van der Waals surface area contributed by atoms with Gasteiger partial charge in [-0.25, -0.2) is 9.18 Å². The van der Waals surface area contributed by atoms with Crippen molar-refractivity contribution in [1.29, 1.82) is 0 Å². The van der Waals surface area contributed by atoms with Gasteiger partial charge in [0.2, 0.25) is 0 Å². The lowest BCUT2D eigenvalue weighted by Crippen LogP contribution is -2.18. The molecule has 5 heteroatoms. The summed E-state index contributed by atoms with van der Waals surface area (Å²) in [6, 6.07) is 10.7. The molecule has 0 heterocycles. The molecule has 0 aliphatic rings. The van der Waals surface area contributed by atoms with Gasteiger partial charge in [-0.2, -0.15) is 0 Å². The van der Waals surface area contributed by atoms with Crippen LogP contribution in [0.3, 0.4) is 0 Å². The highest BCUT2D eigenvalue weighted by Crippen LogP contribution is 2.25. The van der Waals surface area contributed by atoms with E-state index in [0.717, 1.165) is 5.56 Å². The minimum atomic E-state index is -0.999. The number of hydrogen-bond acceptors (Lipinski definition) is 3. The minimum absolute atomic E-state index is 0.181. The van der Waals surface area contributed by atoms with Crippen molar-refractivity contribution in [2.75, 3.05) is 17.7 Å². The number of carboxylic acids is 1. The number of nitrogen functional groups attached to an aromatic ring is 1. The van der Waals surface area contributed by atoms with Gasteiger partial charge in [0, 0.05) is 13.6 Å². The van der Waals surface area contributed by atoms with Crippen molar-refractivity contribution >= 4 is 17.3 Å². The van der Waals surface area contributed by atoms with Crippen LogP contribution in [-0.2, 0) is 6.54 Å². The van der Waals surface area contributed by atoms with Gasteiger partial charge in [0.25, 0.3) is 0 Å². The summed E-state index contributed by atoms with van der Waals surface area (Å²) < 4.78 is 12.9. The molecule has 0 saturated carbocycles. The number of nitrogens with zero attached hydrogens (tertiary/aromatic N) is 1. The fourth-order valence-electron chi connectivity index (χ4n) is 1.96. The van der Waals surface area contributed by atoms with Crippen molar-refractivity contribution in [3.05, 3.63) is 59.4 Å². The topological polar surface area (TPSA) is 66.6 Å². The first-order valence-electron chi connectivity index (χ1n) is 6.06. The summed E-state index contributed by atoms with van der Waals surface area (Å²) in [5, 5.41) is 9.00. The van der Waals surface area contributed by atoms with Gasteiger partial charge in [-0.3, -0.25) is 0 Å². The summed E-state index contributed by atoms with van der Waals surface area (Å²) in [4.78, 5) is 12.8. The number of anilines is 2. The first-order valence-corrected chi connectivity index (χ1v) is 6.06. The number of rotatable bonds is 4. The lowest BCUT2D eigenvalue weighted by Gasteiger charge is -2.21. The van der Waals surface area contributed by atoms with Crippen molar-refractivity contribution in [2.24, 2.45) is 0 Å². The van der Waals surface area contributed by atoms with Crippen molar-refractivity contribution in [3.63, 3.8) is 0 Å². The van der Waals surface area contributed by atoms with Gasteiger partial charge in [-0.1, -0.05) is 12.1 Å². The van der Waals surface area contributed by atoms with Crippen LogP contribution in [0.15, 0.2) is 42.5 Å². The lowest BCUT2D eigenvalue weighted by atomic mass is 10.1. The number of halogens is 1. The van der Waals surface area contributed by atoms with E-state index >= 15 is 0 Å². The molecule has 3 N–H and O–H groups in total. The molecular formula is C15H15FN2O2. The van der Waals surface area contributed by atoms with Gasteiger partial charge < -0.3 is 15.7 Å². The van der Waals surface area contributed by atoms with Gasteiger partial charge >= 0.3 is 5.97 Å². The van der Waals surface area contributed by atoms with Crippen molar-refractivity contribution in [2.45, 2.75) is 6.54 Å². The highest BCUT2D eigenvalue weighted by molar-refractivity contribution is 5.90. The normalized spacial score (nSPS) is 10.3. The maximum Gasteiger partial charge on any atom is 0.335 e. The fourth-order valence-corrected chi connectivity index (χ4v) is 1.96. The monoisotopic (exact) mass is 274 g/mol. The third-order valence-electron chi connectivity index (χ3n) is 3.02. The van der Waals surface area contributed by atoms with Crippen LogP contribution in [0.4, 0.5) is 15.8 Å². The molecule has 0 unspecified atom stereocenters. The Morgan fingerprint density at radius 3 is 2.50 bits per heavy atom. The van der Waals surface area contributed by atoms with Crippen LogP contribution in [0.5, 0.6) is 0 Å². The van der Waals surface area contributed by atoms with Crippen molar-refractivity contribution < 1.29 is 14.3 Å². The molecular weight excluding hydrogens is 259 g/mol. The Kier molecular flexibility index (Phi) is 3.89. The molecule has 2 aromatic carbocycles. The number of nitrogens with two attached hydrogens (primary N) is 1. The van der Waals surface area contributed by atoms with Crippen LogP contribution < -0.4 is 10.6 Å². The van der Waals surface area contributed by atoms with E-state index in [0.29, 0.717) is 17.9 Å². The van der Waals surface area contributed by atoms with E-state index in [1.165, 1.54) is 24.3 Å². The average molecular weight is 274 g/mol. The fraction of sp³-hybridized carbons (Fsp3) is 0.133. The first kappa shape index (κ1) is 13.9. The Hall–Kier alpha value is -2.56. The number of carbonyl (C=O) groups is 1. The highest BCUT2D eigenvalue weighted by Gasteiger charge is 2.10. The van der Waals surface area contributed by atoms with Crippen LogP contribution in [0.25, 0.3) is 0 Å². The molecule has 0 atom stereocenters. The predicted molar refractivity (Wildman–Crippen MR) is 76.3 cm³/mol. The molecule has 0 saturated heterocycles. The number of hydrogen-bond donors (Lipinski definition) is 2. The second-order valence-corrected chi connectivity index (χ2v) is 4.56. The molecule has 2 aromatic rings. The molecule has 0 aliphatic heterocycles. The maximum atomic E-state index is 12.9. The van der Waals surface area contributed by atoms with Crippen LogP contribution in [0, 0.1) is 5.82 Å². The molecule has 20 heavy (non-hydrogen) atoms. The van der Waals surface area contributed by atoms with Crippen LogP contribution in [0.2, 0.25) is 0 Å². The van der Waals surface area contributed by atoms with Crippen molar-refractivity contribution in [3.8, 4) is 0 Å². The maximum absolute atomic E-state index is 12.9. The number of aromatic carboxylic acids is 1. The molecule has 0 bridgehead atoms. The van der Waals surface area contributed by atoms with E-state index in [4.69, 9.17) is 10.8 Å². The van der Waals surface area contributed by atoms with E-state index < -0.39 is 5.97 Å². The Balaban J connectivity index is 2.24. The molecule has 0 radical (unpaired) electrons. The van der Waals surface area contributed by atoms with E-state index in [9.17, 15) is 9.18 Å². The Morgan fingerprint density at radius 2 is 1.90 bits per heavy atom. The van der Waals surface area contributed by atoms with Crippen LogP contribution in [-0.4, -0.2) is 18.1 Å². The summed E-state index contributed by atoms with van der Waals surface area (Å²) >= 11 is 0. The molecule has 2 rings (SSSR count). The van der Waals surface area contributed by atoms with Crippen LogP contribution >= 0.6 is 0 Å². The summed E-state index contributed by atoms with van der Waals surface area (Å²) in [5.41, 5.74) is 8.10. The molecule has 0 amide bonds. The predicted octanol–water partition coefficient (Wildman–Crippen LogP) is 2.74. The third-order valence-corrected chi connectivity index (χ3v) is 3.02. The van der Waals surface area contributed by atoms with Crippen LogP contribution in [0.1, 0.15) is 15.9 Å². The van der Waals surface area contributed by atoms with Gasteiger partial charge in [-0.15, -0.1) is 0 Å². The van der Waals surface area contributed by atoms with Gasteiger partial charge in [0.05, 0.1) is 16.9 Å². The van der Waals surface area contributed by atoms with E-state index in [-0.39, 0.29) is 11.4 Å². The van der Waals surface area contributed by atoms with Gasteiger partial charge in [0.1, 0.15) is 5.82 Å². The average Bonchev–Trinajstić information content (AvgIpc) is 2.41. The second-order valence-electron chi connectivity index (χ2n) is 4.56. The standard InChI is InChI=1S/C15H15FN2O2/c1-18(9-10-2-5-12(16)6-3-10)14-8-11(15(19)20)4-7-13(14)17/h2-8H,9,17H2,1H3,(H,19,20). The summed E-state index contributed by atoms with van der Waals surface area (Å²) in [5.74, 6) is -1.29. The zero-order valence-electron chi connectivity index (χ0n) is 11.0. The minimum Gasteiger partial charge on any atom is -0.478 e. The zero-order valence-corrected chi connectivity index (χ0v) is 11.0. The molecule has 4 nitrogen and oxygen atoms in total. The molecule has 0 fully saturated rings. The summed E-state index contributed by atoms with van der Waals surface area (Å²) in [6.45, 7) is 0.507. The van der Waals surface area contributed by atoms with Gasteiger partial charge in [0.15, 0.2) is 0 Å². The number of benzene rings is 2. The summed E-state index contributed by atoms with van der Waals surface area (Å²) in [7, 11) is 1.81. The third kappa shape index (κ3) is 3.06. The van der Waals surface area contributed by atoms with E-state index in [1.54, 1.807) is 25.2 Å².